The van der Waals surface area contributed by atoms with Crippen molar-refractivity contribution in [2.24, 2.45) is 4.99 Å². The minimum Gasteiger partial charge on any atom is -0.493 e. The SMILES string of the molecule is C=CCOc1c(/C=C2/SC(=Nc3ccccc3)N(C)C2=O)cccc1OC. The second-order valence-electron chi connectivity index (χ2n) is 5.68. The van der Waals surface area contributed by atoms with Gasteiger partial charge in [-0.2, -0.15) is 0 Å². The van der Waals surface area contributed by atoms with Crippen molar-refractivity contribution in [1.82, 2.24) is 4.90 Å². The molecule has 1 aliphatic rings. The third kappa shape index (κ3) is 4.23. The van der Waals surface area contributed by atoms with Gasteiger partial charge in [0, 0.05) is 12.6 Å². The van der Waals surface area contributed by atoms with E-state index in [4.69, 9.17) is 9.47 Å². The largest absolute Gasteiger partial charge is 0.493 e. The van der Waals surface area contributed by atoms with Crippen LogP contribution in [0.4, 0.5) is 5.69 Å². The maximum absolute atomic E-state index is 12.7. The number of benzene rings is 2. The Kier molecular flexibility index (Phi) is 5.98. The fourth-order valence-corrected chi connectivity index (χ4v) is 3.49. The van der Waals surface area contributed by atoms with Gasteiger partial charge >= 0.3 is 0 Å². The summed E-state index contributed by atoms with van der Waals surface area (Å²) in [5.41, 5.74) is 1.57. The fraction of sp³-hybridized carbons (Fsp3) is 0.143. The monoisotopic (exact) mass is 380 g/mol. The van der Waals surface area contributed by atoms with Crippen LogP contribution in [0.25, 0.3) is 6.08 Å². The zero-order valence-corrected chi connectivity index (χ0v) is 16.0. The Morgan fingerprint density at radius 3 is 2.67 bits per heavy atom. The lowest BCUT2D eigenvalue weighted by Gasteiger charge is -2.12. The standard InChI is InChI=1S/C21H20N2O3S/c1-4-13-26-19-15(9-8-12-17(19)25-3)14-18-20(24)23(2)21(27-18)22-16-10-6-5-7-11-16/h4-12,14H,1,13H2,2-3H3/b18-14+,22-21?. The normalized spacial score (nSPS) is 16.8. The molecule has 5 nitrogen and oxygen atoms in total. The number of likely N-dealkylation sites (N-methyl/N-ethyl adjacent to an activating group) is 1. The number of nitrogens with zero attached hydrogens (tertiary/aromatic N) is 2. The Bertz CT molecular complexity index is 907. The lowest BCUT2D eigenvalue weighted by molar-refractivity contribution is -0.121. The zero-order chi connectivity index (χ0) is 19.2. The quantitative estimate of drug-likeness (QED) is 0.547. The van der Waals surface area contributed by atoms with Gasteiger partial charge < -0.3 is 9.47 Å². The van der Waals surface area contributed by atoms with Gasteiger partial charge in [-0.05, 0) is 36.0 Å². The van der Waals surface area contributed by atoms with Gasteiger partial charge in [0.15, 0.2) is 16.7 Å². The minimum atomic E-state index is -0.104. The Morgan fingerprint density at radius 1 is 1.19 bits per heavy atom. The first-order valence-corrected chi connectivity index (χ1v) is 9.17. The van der Waals surface area contributed by atoms with E-state index in [2.05, 4.69) is 11.6 Å². The average Bonchev–Trinajstić information content (AvgIpc) is 2.95. The van der Waals surface area contributed by atoms with E-state index >= 15 is 0 Å². The molecule has 0 aliphatic carbocycles. The highest BCUT2D eigenvalue weighted by molar-refractivity contribution is 8.18. The Labute approximate surface area is 163 Å². The molecule has 0 bridgehead atoms. The van der Waals surface area contributed by atoms with Crippen molar-refractivity contribution >= 4 is 34.6 Å². The molecule has 2 aromatic rings. The van der Waals surface area contributed by atoms with E-state index in [-0.39, 0.29) is 5.91 Å². The second kappa shape index (κ2) is 8.60. The molecule has 2 aromatic carbocycles. The molecule has 0 saturated carbocycles. The van der Waals surface area contributed by atoms with Gasteiger partial charge in [-0.25, -0.2) is 4.99 Å². The number of methoxy groups -OCH3 is 1. The molecule has 138 valence electrons. The second-order valence-corrected chi connectivity index (χ2v) is 6.69. The summed E-state index contributed by atoms with van der Waals surface area (Å²) in [7, 11) is 3.31. The van der Waals surface area contributed by atoms with Gasteiger partial charge in [-0.3, -0.25) is 9.69 Å². The first kappa shape index (κ1) is 18.8. The van der Waals surface area contributed by atoms with Crippen LogP contribution in [0.15, 0.2) is 71.1 Å². The number of thioether (sulfide) groups is 1. The van der Waals surface area contributed by atoms with Crippen LogP contribution in [0.3, 0.4) is 0 Å². The molecule has 0 aromatic heterocycles. The third-order valence-electron chi connectivity index (χ3n) is 3.85. The molecule has 0 atom stereocenters. The Morgan fingerprint density at radius 2 is 1.96 bits per heavy atom. The lowest BCUT2D eigenvalue weighted by atomic mass is 10.1. The molecule has 0 radical (unpaired) electrons. The predicted molar refractivity (Wildman–Crippen MR) is 111 cm³/mol. The van der Waals surface area contributed by atoms with Crippen LogP contribution in [0.5, 0.6) is 11.5 Å². The molecule has 0 unspecified atom stereocenters. The van der Waals surface area contributed by atoms with E-state index < -0.39 is 0 Å². The highest BCUT2D eigenvalue weighted by atomic mass is 32.2. The number of amides is 1. The summed E-state index contributed by atoms with van der Waals surface area (Å²) in [6, 6.07) is 15.1. The number of carbonyl (C=O) groups is 1. The maximum Gasteiger partial charge on any atom is 0.266 e. The van der Waals surface area contributed by atoms with Crippen LogP contribution in [-0.4, -0.2) is 36.7 Å². The first-order valence-electron chi connectivity index (χ1n) is 8.36. The molecule has 1 heterocycles. The Hall–Kier alpha value is -2.99. The summed E-state index contributed by atoms with van der Waals surface area (Å²) in [5, 5.41) is 0.633. The van der Waals surface area contributed by atoms with Crippen LogP contribution >= 0.6 is 11.8 Å². The molecular formula is C21H20N2O3S. The average molecular weight is 380 g/mol. The molecule has 6 heteroatoms. The number of hydrogen-bond acceptors (Lipinski definition) is 5. The highest BCUT2D eigenvalue weighted by Crippen LogP contribution is 2.37. The highest BCUT2D eigenvalue weighted by Gasteiger charge is 2.30. The first-order chi connectivity index (χ1) is 13.1. The van der Waals surface area contributed by atoms with Crippen LogP contribution in [0.2, 0.25) is 0 Å². The van der Waals surface area contributed by atoms with Gasteiger partial charge in [0.1, 0.15) is 6.61 Å². The van der Waals surface area contributed by atoms with E-state index in [0.29, 0.717) is 28.2 Å². The van der Waals surface area contributed by atoms with Crippen molar-refractivity contribution < 1.29 is 14.3 Å². The zero-order valence-electron chi connectivity index (χ0n) is 15.2. The molecule has 1 amide bonds. The molecule has 1 saturated heterocycles. The molecule has 0 N–H and O–H groups in total. The number of amidine groups is 1. The predicted octanol–water partition coefficient (Wildman–Crippen LogP) is 4.49. The van der Waals surface area contributed by atoms with Crippen molar-refractivity contribution in [3.8, 4) is 11.5 Å². The van der Waals surface area contributed by atoms with Crippen LogP contribution < -0.4 is 9.47 Å². The van der Waals surface area contributed by atoms with Crippen LogP contribution in [-0.2, 0) is 4.79 Å². The van der Waals surface area contributed by atoms with Gasteiger partial charge in [0.05, 0.1) is 17.7 Å². The summed E-state index contributed by atoms with van der Waals surface area (Å²) >= 11 is 1.33. The summed E-state index contributed by atoms with van der Waals surface area (Å²) in [4.78, 5) is 19.3. The van der Waals surface area contributed by atoms with Crippen molar-refractivity contribution in [2.75, 3.05) is 20.8 Å². The van der Waals surface area contributed by atoms with Crippen molar-refractivity contribution in [3.05, 3.63) is 71.7 Å². The molecule has 3 rings (SSSR count). The minimum absolute atomic E-state index is 0.104. The number of rotatable bonds is 6. The van der Waals surface area contributed by atoms with Crippen molar-refractivity contribution in [3.63, 3.8) is 0 Å². The van der Waals surface area contributed by atoms with Gasteiger partial charge in [0.2, 0.25) is 0 Å². The summed E-state index contributed by atoms with van der Waals surface area (Å²) in [6.07, 6.45) is 3.47. The van der Waals surface area contributed by atoms with E-state index in [1.54, 1.807) is 31.2 Å². The molecular weight excluding hydrogens is 360 g/mol. The number of para-hydroxylation sites is 2. The number of carbonyl (C=O) groups excluding carboxylic acids is 1. The smallest absolute Gasteiger partial charge is 0.266 e. The molecule has 0 spiro atoms. The summed E-state index contributed by atoms with van der Waals surface area (Å²) in [6.45, 7) is 4.02. The van der Waals surface area contributed by atoms with Crippen molar-refractivity contribution in [1.29, 1.82) is 0 Å². The lowest BCUT2D eigenvalue weighted by Crippen LogP contribution is -2.23. The van der Waals surface area contributed by atoms with E-state index in [9.17, 15) is 4.79 Å². The number of aliphatic imine (C=N–C) groups is 1. The Balaban J connectivity index is 1.95. The van der Waals surface area contributed by atoms with Crippen LogP contribution in [0.1, 0.15) is 5.56 Å². The summed E-state index contributed by atoms with van der Waals surface area (Å²) < 4.78 is 11.1. The van der Waals surface area contributed by atoms with Crippen LogP contribution in [0, 0.1) is 0 Å². The van der Waals surface area contributed by atoms with E-state index in [1.807, 2.05) is 48.5 Å². The van der Waals surface area contributed by atoms with Crippen molar-refractivity contribution in [2.45, 2.75) is 0 Å². The maximum atomic E-state index is 12.7. The third-order valence-corrected chi connectivity index (χ3v) is 4.91. The molecule has 1 fully saturated rings. The van der Waals surface area contributed by atoms with E-state index in [1.165, 1.54) is 11.8 Å². The van der Waals surface area contributed by atoms with Gasteiger partial charge in [-0.15, -0.1) is 0 Å². The summed E-state index contributed by atoms with van der Waals surface area (Å²) in [5.74, 6) is 1.08. The topological polar surface area (TPSA) is 51.1 Å². The molecule has 27 heavy (non-hydrogen) atoms. The number of hydrogen-bond donors (Lipinski definition) is 0. The van der Waals surface area contributed by atoms with E-state index in [0.717, 1.165) is 11.3 Å². The van der Waals surface area contributed by atoms with Gasteiger partial charge in [0.25, 0.3) is 5.91 Å². The fourth-order valence-electron chi connectivity index (χ4n) is 2.51. The molecule has 1 aliphatic heterocycles. The number of ether oxygens (including phenoxy) is 2. The van der Waals surface area contributed by atoms with Gasteiger partial charge in [-0.1, -0.05) is 43.0 Å².